The first-order valence-electron chi connectivity index (χ1n) is 10.4. The average molecular weight is 430 g/mol. The molecule has 6 nitrogen and oxygen atoms in total. The highest BCUT2D eigenvalue weighted by molar-refractivity contribution is 5.94. The number of amides is 2. The van der Waals surface area contributed by atoms with Crippen LogP contribution in [-0.4, -0.2) is 61.4 Å². The van der Waals surface area contributed by atoms with Crippen LogP contribution in [0.5, 0.6) is 0 Å². The second kappa shape index (κ2) is 11.0. The predicted molar refractivity (Wildman–Crippen MR) is 114 cm³/mol. The van der Waals surface area contributed by atoms with Gasteiger partial charge in [0.1, 0.15) is 11.6 Å². The zero-order chi connectivity index (χ0) is 22.2. The molecule has 2 aromatic rings. The van der Waals surface area contributed by atoms with Gasteiger partial charge in [-0.3, -0.25) is 14.5 Å². The van der Waals surface area contributed by atoms with Gasteiger partial charge >= 0.3 is 0 Å². The van der Waals surface area contributed by atoms with Crippen molar-refractivity contribution in [3.05, 3.63) is 70.8 Å². The standard InChI is InChI=1S/C23H28F2N4O2/c1-28-10-12-29(13-11-28)16-18-4-2-17(3-5-18)15-27-22(30)8-9-26-23(31)20-7-6-19(24)14-21(20)25/h2-7,14H,8-13,15-16H2,1H3,(H,26,31)(H,27,30). The maximum Gasteiger partial charge on any atom is 0.254 e. The molecule has 31 heavy (non-hydrogen) atoms. The summed E-state index contributed by atoms with van der Waals surface area (Å²) in [5, 5.41) is 5.27. The van der Waals surface area contributed by atoms with Crippen molar-refractivity contribution in [2.45, 2.75) is 19.5 Å². The third kappa shape index (κ3) is 7.11. The summed E-state index contributed by atoms with van der Waals surface area (Å²) >= 11 is 0. The van der Waals surface area contributed by atoms with Crippen molar-refractivity contribution in [3.8, 4) is 0 Å². The highest BCUT2D eigenvalue weighted by atomic mass is 19.1. The topological polar surface area (TPSA) is 64.7 Å². The lowest BCUT2D eigenvalue weighted by Crippen LogP contribution is -2.43. The Bertz CT molecular complexity index is 897. The number of piperazine rings is 1. The van der Waals surface area contributed by atoms with Gasteiger partial charge < -0.3 is 15.5 Å². The Morgan fingerprint density at radius 1 is 0.935 bits per heavy atom. The van der Waals surface area contributed by atoms with E-state index in [2.05, 4.69) is 39.6 Å². The molecule has 0 spiro atoms. The molecule has 0 radical (unpaired) electrons. The quantitative estimate of drug-likeness (QED) is 0.674. The molecule has 2 amide bonds. The molecule has 1 aliphatic rings. The van der Waals surface area contributed by atoms with Gasteiger partial charge in [-0.05, 0) is 30.3 Å². The second-order valence-corrected chi connectivity index (χ2v) is 7.80. The Balaban J connectivity index is 1.36. The van der Waals surface area contributed by atoms with Crippen molar-refractivity contribution < 1.29 is 18.4 Å². The van der Waals surface area contributed by atoms with E-state index in [9.17, 15) is 18.4 Å². The smallest absolute Gasteiger partial charge is 0.254 e. The third-order valence-electron chi connectivity index (χ3n) is 5.33. The van der Waals surface area contributed by atoms with Crippen molar-refractivity contribution in [1.29, 1.82) is 0 Å². The number of nitrogens with zero attached hydrogens (tertiary/aromatic N) is 2. The van der Waals surface area contributed by atoms with E-state index in [1.54, 1.807) is 0 Å². The van der Waals surface area contributed by atoms with E-state index in [1.807, 2.05) is 12.1 Å². The molecule has 2 N–H and O–H groups in total. The lowest BCUT2D eigenvalue weighted by Gasteiger charge is -2.32. The van der Waals surface area contributed by atoms with Gasteiger partial charge in [0.15, 0.2) is 0 Å². The molecule has 1 saturated heterocycles. The summed E-state index contributed by atoms with van der Waals surface area (Å²) in [7, 11) is 2.14. The Morgan fingerprint density at radius 2 is 1.61 bits per heavy atom. The van der Waals surface area contributed by atoms with Crippen molar-refractivity contribution >= 4 is 11.8 Å². The Morgan fingerprint density at radius 3 is 2.29 bits per heavy atom. The van der Waals surface area contributed by atoms with E-state index in [4.69, 9.17) is 0 Å². The fraction of sp³-hybridized carbons (Fsp3) is 0.391. The van der Waals surface area contributed by atoms with Crippen LogP contribution in [0, 0.1) is 11.6 Å². The monoisotopic (exact) mass is 430 g/mol. The van der Waals surface area contributed by atoms with Gasteiger partial charge in [-0.1, -0.05) is 24.3 Å². The molecule has 1 fully saturated rings. The molecular weight excluding hydrogens is 402 g/mol. The number of carbonyl (C=O) groups is 2. The molecule has 0 aliphatic carbocycles. The minimum atomic E-state index is -0.932. The molecular formula is C23H28F2N4O2. The van der Waals surface area contributed by atoms with Gasteiger partial charge in [0.05, 0.1) is 5.56 Å². The van der Waals surface area contributed by atoms with Crippen LogP contribution < -0.4 is 10.6 Å². The zero-order valence-corrected chi connectivity index (χ0v) is 17.7. The number of carbonyl (C=O) groups excluding carboxylic acids is 2. The van der Waals surface area contributed by atoms with Gasteiger partial charge in [0.2, 0.25) is 5.91 Å². The summed E-state index contributed by atoms with van der Waals surface area (Å²) in [4.78, 5) is 28.7. The van der Waals surface area contributed by atoms with Crippen LogP contribution in [0.25, 0.3) is 0 Å². The van der Waals surface area contributed by atoms with E-state index in [0.29, 0.717) is 12.6 Å². The molecule has 8 heteroatoms. The Kier molecular flexibility index (Phi) is 8.08. The minimum Gasteiger partial charge on any atom is -0.352 e. The number of benzene rings is 2. The van der Waals surface area contributed by atoms with Gasteiger partial charge in [-0.15, -0.1) is 0 Å². The molecule has 0 saturated carbocycles. The SMILES string of the molecule is CN1CCN(Cc2ccc(CNC(=O)CCNC(=O)c3ccc(F)cc3F)cc2)CC1. The van der Waals surface area contributed by atoms with E-state index < -0.39 is 17.5 Å². The summed E-state index contributed by atoms with van der Waals surface area (Å²) < 4.78 is 26.5. The molecule has 1 heterocycles. The first kappa shape index (κ1) is 22.8. The van der Waals surface area contributed by atoms with Crippen LogP contribution in [0.3, 0.4) is 0 Å². The van der Waals surface area contributed by atoms with Gasteiger partial charge in [-0.2, -0.15) is 0 Å². The molecule has 0 atom stereocenters. The maximum absolute atomic E-state index is 13.6. The molecule has 166 valence electrons. The van der Waals surface area contributed by atoms with Crippen LogP contribution in [0.4, 0.5) is 8.78 Å². The van der Waals surface area contributed by atoms with Crippen molar-refractivity contribution in [2.24, 2.45) is 0 Å². The molecule has 0 bridgehead atoms. The van der Waals surface area contributed by atoms with E-state index in [0.717, 1.165) is 50.4 Å². The van der Waals surface area contributed by atoms with Gasteiger partial charge in [-0.25, -0.2) is 8.78 Å². The summed E-state index contributed by atoms with van der Waals surface area (Å²) in [6.07, 6.45) is 0.0655. The number of likely N-dealkylation sites (N-methyl/N-ethyl adjacent to an activating group) is 1. The fourth-order valence-electron chi connectivity index (χ4n) is 3.37. The largest absolute Gasteiger partial charge is 0.352 e. The molecule has 0 unspecified atom stereocenters. The number of hydrogen-bond acceptors (Lipinski definition) is 4. The van der Waals surface area contributed by atoms with Crippen molar-refractivity contribution in [1.82, 2.24) is 20.4 Å². The number of nitrogens with one attached hydrogen (secondary N) is 2. The average Bonchev–Trinajstić information content (AvgIpc) is 2.75. The Hall–Kier alpha value is -2.84. The number of hydrogen-bond donors (Lipinski definition) is 2. The fourth-order valence-corrected chi connectivity index (χ4v) is 3.37. The zero-order valence-electron chi connectivity index (χ0n) is 17.7. The van der Waals surface area contributed by atoms with Crippen LogP contribution in [0.15, 0.2) is 42.5 Å². The van der Waals surface area contributed by atoms with Crippen LogP contribution in [0.1, 0.15) is 27.9 Å². The summed E-state index contributed by atoms with van der Waals surface area (Å²) in [6.45, 7) is 5.69. The maximum atomic E-state index is 13.6. The van der Waals surface area contributed by atoms with Crippen LogP contribution in [0.2, 0.25) is 0 Å². The summed E-state index contributed by atoms with van der Waals surface area (Å²) in [5.41, 5.74) is 1.99. The third-order valence-corrected chi connectivity index (χ3v) is 5.33. The lowest BCUT2D eigenvalue weighted by molar-refractivity contribution is -0.121. The second-order valence-electron chi connectivity index (χ2n) is 7.80. The first-order valence-corrected chi connectivity index (χ1v) is 10.4. The molecule has 1 aliphatic heterocycles. The van der Waals surface area contributed by atoms with Crippen LogP contribution in [-0.2, 0) is 17.9 Å². The van der Waals surface area contributed by atoms with Gasteiger partial charge in [0, 0.05) is 58.3 Å². The summed E-state index contributed by atoms with van der Waals surface area (Å²) in [6, 6.07) is 10.9. The minimum absolute atomic E-state index is 0.0610. The van der Waals surface area contributed by atoms with Crippen LogP contribution >= 0.6 is 0 Å². The normalized spacial score (nSPS) is 14.9. The number of rotatable bonds is 8. The summed E-state index contributed by atoms with van der Waals surface area (Å²) in [5.74, 6) is -2.58. The lowest BCUT2D eigenvalue weighted by atomic mass is 10.1. The van der Waals surface area contributed by atoms with E-state index in [-0.39, 0.29) is 24.4 Å². The Labute approximate surface area is 181 Å². The van der Waals surface area contributed by atoms with Crippen molar-refractivity contribution in [3.63, 3.8) is 0 Å². The molecule has 3 rings (SSSR count). The predicted octanol–water partition coefficient (Wildman–Crippen LogP) is 2.15. The van der Waals surface area contributed by atoms with Gasteiger partial charge in [0.25, 0.3) is 5.91 Å². The first-order chi connectivity index (χ1) is 14.9. The van der Waals surface area contributed by atoms with E-state index in [1.165, 1.54) is 5.56 Å². The molecule has 0 aromatic heterocycles. The molecule has 2 aromatic carbocycles. The van der Waals surface area contributed by atoms with Crippen molar-refractivity contribution in [2.75, 3.05) is 39.8 Å². The number of halogens is 2. The highest BCUT2D eigenvalue weighted by Gasteiger charge is 2.14. The highest BCUT2D eigenvalue weighted by Crippen LogP contribution is 2.10. The van der Waals surface area contributed by atoms with E-state index >= 15 is 0 Å².